The number of rotatable bonds is 0. The molecular weight excluding hydrogens is 160 g/mol. The molecule has 0 aromatic carbocycles. The molecule has 2 nitrogen and oxygen atoms in total. The van der Waals surface area contributed by atoms with E-state index in [0.717, 1.165) is 22.6 Å². The number of hydrogen-bond donors (Lipinski definition) is 1. The summed E-state index contributed by atoms with van der Waals surface area (Å²) in [6, 6.07) is 1.96. The lowest BCUT2D eigenvalue weighted by molar-refractivity contribution is 1.09. The molecule has 1 aromatic heterocycles. The number of hydrogen-bond acceptors (Lipinski definition) is 2. The minimum Gasteiger partial charge on any atom is -0.397 e. The zero-order valence-corrected chi connectivity index (χ0v) is 7.83. The first-order valence-corrected chi connectivity index (χ1v) is 3.31. The van der Waals surface area contributed by atoms with E-state index in [-0.39, 0.29) is 12.4 Å². The van der Waals surface area contributed by atoms with Gasteiger partial charge in [-0.1, -0.05) is 0 Å². The molecule has 0 fully saturated rings. The van der Waals surface area contributed by atoms with Gasteiger partial charge in [0.05, 0.1) is 11.4 Å². The summed E-state index contributed by atoms with van der Waals surface area (Å²) in [6.45, 7) is 5.92. The molecule has 1 heterocycles. The molecule has 0 spiro atoms. The number of aromatic nitrogens is 1. The number of halogens is 1. The van der Waals surface area contributed by atoms with E-state index >= 15 is 0 Å². The molecule has 62 valence electrons. The van der Waals surface area contributed by atoms with Gasteiger partial charge in [-0.2, -0.15) is 0 Å². The molecule has 0 saturated heterocycles. The quantitative estimate of drug-likeness (QED) is 0.650. The minimum atomic E-state index is 0. The summed E-state index contributed by atoms with van der Waals surface area (Å²) < 4.78 is 0. The third kappa shape index (κ3) is 2.09. The monoisotopic (exact) mass is 172 g/mol. The van der Waals surface area contributed by atoms with Crippen LogP contribution in [0.5, 0.6) is 0 Å². The SMILES string of the molecule is Cc1cc(N)c(C)nc1C.Cl. The topological polar surface area (TPSA) is 38.9 Å². The Morgan fingerprint density at radius 1 is 1.18 bits per heavy atom. The molecule has 0 aliphatic heterocycles. The Kier molecular flexibility index (Phi) is 3.33. The summed E-state index contributed by atoms with van der Waals surface area (Å²) in [5, 5.41) is 0. The van der Waals surface area contributed by atoms with Crippen molar-refractivity contribution >= 4 is 18.1 Å². The highest BCUT2D eigenvalue weighted by atomic mass is 35.5. The van der Waals surface area contributed by atoms with Crippen molar-refractivity contribution in [3.63, 3.8) is 0 Å². The molecule has 0 amide bonds. The van der Waals surface area contributed by atoms with Crippen molar-refractivity contribution in [2.75, 3.05) is 5.73 Å². The fourth-order valence-corrected chi connectivity index (χ4v) is 0.846. The highest BCUT2D eigenvalue weighted by Gasteiger charge is 1.97. The van der Waals surface area contributed by atoms with Crippen LogP contribution >= 0.6 is 12.4 Å². The third-order valence-electron chi connectivity index (χ3n) is 1.70. The average Bonchev–Trinajstić information content (AvgIpc) is 1.84. The van der Waals surface area contributed by atoms with Gasteiger partial charge >= 0.3 is 0 Å². The van der Waals surface area contributed by atoms with Crippen LogP contribution in [-0.2, 0) is 0 Å². The van der Waals surface area contributed by atoms with E-state index in [1.807, 2.05) is 26.8 Å². The fourth-order valence-electron chi connectivity index (χ4n) is 0.846. The van der Waals surface area contributed by atoms with Crippen LogP contribution in [0, 0.1) is 20.8 Å². The van der Waals surface area contributed by atoms with Gasteiger partial charge in [0.1, 0.15) is 0 Å². The summed E-state index contributed by atoms with van der Waals surface area (Å²) in [5.41, 5.74) is 9.54. The van der Waals surface area contributed by atoms with Gasteiger partial charge in [-0.05, 0) is 32.4 Å². The van der Waals surface area contributed by atoms with Crippen molar-refractivity contribution in [3.8, 4) is 0 Å². The average molecular weight is 173 g/mol. The normalized spacial score (nSPS) is 9.00. The molecule has 0 unspecified atom stereocenters. The smallest absolute Gasteiger partial charge is 0.0605 e. The molecule has 1 rings (SSSR count). The molecule has 0 atom stereocenters. The predicted octanol–water partition coefficient (Wildman–Crippen LogP) is 2.01. The van der Waals surface area contributed by atoms with E-state index in [2.05, 4.69) is 4.98 Å². The lowest BCUT2D eigenvalue weighted by atomic mass is 10.2. The van der Waals surface area contributed by atoms with E-state index < -0.39 is 0 Å². The van der Waals surface area contributed by atoms with Crippen molar-refractivity contribution < 1.29 is 0 Å². The molecule has 2 N–H and O–H groups in total. The van der Waals surface area contributed by atoms with Crippen LogP contribution in [0.3, 0.4) is 0 Å². The van der Waals surface area contributed by atoms with Crippen LogP contribution < -0.4 is 5.73 Å². The summed E-state index contributed by atoms with van der Waals surface area (Å²) in [4.78, 5) is 4.25. The number of anilines is 1. The summed E-state index contributed by atoms with van der Waals surface area (Å²) in [6.07, 6.45) is 0. The maximum Gasteiger partial charge on any atom is 0.0605 e. The van der Waals surface area contributed by atoms with Gasteiger partial charge in [0, 0.05) is 5.69 Å². The molecule has 0 radical (unpaired) electrons. The lowest BCUT2D eigenvalue weighted by Gasteiger charge is -2.02. The van der Waals surface area contributed by atoms with Gasteiger partial charge in [-0.15, -0.1) is 12.4 Å². The van der Waals surface area contributed by atoms with E-state index in [9.17, 15) is 0 Å². The lowest BCUT2D eigenvalue weighted by Crippen LogP contribution is -1.96. The van der Waals surface area contributed by atoms with Crippen molar-refractivity contribution in [3.05, 3.63) is 23.0 Å². The second kappa shape index (κ2) is 3.58. The first kappa shape index (κ1) is 10.2. The zero-order chi connectivity index (χ0) is 7.72. The number of pyridine rings is 1. The third-order valence-corrected chi connectivity index (χ3v) is 1.70. The second-order valence-electron chi connectivity index (χ2n) is 2.57. The van der Waals surface area contributed by atoms with Gasteiger partial charge in [0.2, 0.25) is 0 Å². The first-order valence-electron chi connectivity index (χ1n) is 3.31. The van der Waals surface area contributed by atoms with Crippen molar-refractivity contribution in [2.45, 2.75) is 20.8 Å². The van der Waals surface area contributed by atoms with Gasteiger partial charge in [-0.3, -0.25) is 4.98 Å². The Morgan fingerprint density at radius 3 is 2.18 bits per heavy atom. The Labute approximate surface area is 73.2 Å². The predicted molar refractivity (Wildman–Crippen MR) is 50.1 cm³/mol. The highest BCUT2D eigenvalue weighted by molar-refractivity contribution is 5.85. The highest BCUT2D eigenvalue weighted by Crippen LogP contribution is 2.12. The summed E-state index contributed by atoms with van der Waals surface area (Å²) in [5.74, 6) is 0. The largest absolute Gasteiger partial charge is 0.397 e. The first-order chi connectivity index (χ1) is 4.61. The molecule has 0 saturated carbocycles. The molecular formula is C8H13ClN2. The van der Waals surface area contributed by atoms with E-state index in [1.165, 1.54) is 0 Å². The van der Waals surface area contributed by atoms with Crippen LogP contribution in [0.15, 0.2) is 6.07 Å². The van der Waals surface area contributed by atoms with E-state index in [0.29, 0.717) is 0 Å². The number of nitrogen functional groups attached to an aromatic ring is 1. The van der Waals surface area contributed by atoms with Crippen molar-refractivity contribution in [1.29, 1.82) is 0 Å². The molecule has 3 heteroatoms. The summed E-state index contributed by atoms with van der Waals surface area (Å²) >= 11 is 0. The van der Waals surface area contributed by atoms with Crippen molar-refractivity contribution in [1.82, 2.24) is 4.98 Å². The number of aryl methyl sites for hydroxylation is 3. The van der Waals surface area contributed by atoms with Crippen LogP contribution in [-0.4, -0.2) is 4.98 Å². The Hall–Kier alpha value is -0.760. The Morgan fingerprint density at radius 2 is 1.73 bits per heavy atom. The van der Waals surface area contributed by atoms with Crippen LogP contribution in [0.1, 0.15) is 17.0 Å². The molecule has 0 aliphatic rings. The fraction of sp³-hybridized carbons (Fsp3) is 0.375. The van der Waals surface area contributed by atoms with Gasteiger partial charge in [0.15, 0.2) is 0 Å². The van der Waals surface area contributed by atoms with E-state index in [1.54, 1.807) is 0 Å². The number of nitrogens with zero attached hydrogens (tertiary/aromatic N) is 1. The van der Waals surface area contributed by atoms with Crippen LogP contribution in [0.2, 0.25) is 0 Å². The maximum atomic E-state index is 5.63. The minimum absolute atomic E-state index is 0. The second-order valence-corrected chi connectivity index (χ2v) is 2.57. The summed E-state index contributed by atoms with van der Waals surface area (Å²) in [7, 11) is 0. The van der Waals surface area contributed by atoms with Gasteiger partial charge < -0.3 is 5.73 Å². The standard InChI is InChI=1S/C8H12N2.ClH/c1-5-4-8(9)7(3)10-6(5)2;/h4H,9H2,1-3H3;1H. The molecule has 0 aliphatic carbocycles. The zero-order valence-electron chi connectivity index (χ0n) is 7.01. The van der Waals surface area contributed by atoms with Crippen LogP contribution in [0.4, 0.5) is 5.69 Å². The molecule has 1 aromatic rings. The van der Waals surface area contributed by atoms with Crippen molar-refractivity contribution in [2.24, 2.45) is 0 Å². The Balaban J connectivity index is 0.000001000. The molecule has 11 heavy (non-hydrogen) atoms. The van der Waals surface area contributed by atoms with Crippen LogP contribution in [0.25, 0.3) is 0 Å². The number of nitrogens with two attached hydrogens (primary N) is 1. The maximum absolute atomic E-state index is 5.63. The van der Waals surface area contributed by atoms with E-state index in [4.69, 9.17) is 5.73 Å². The Bertz CT molecular complexity index is 208. The molecule has 0 bridgehead atoms. The van der Waals surface area contributed by atoms with Gasteiger partial charge in [0.25, 0.3) is 0 Å². The van der Waals surface area contributed by atoms with Gasteiger partial charge in [-0.25, -0.2) is 0 Å².